The SMILES string of the molecule is CCCCOC(=O)N1CCCC(Nc2nc(-c3cnc4ccccn34)nc(Cl)c2F)C1. The van der Waals surface area contributed by atoms with Crippen molar-refractivity contribution in [3.8, 4) is 11.5 Å². The minimum absolute atomic E-state index is 0.00656. The van der Waals surface area contributed by atoms with E-state index in [4.69, 9.17) is 16.3 Å². The van der Waals surface area contributed by atoms with Crippen LogP contribution in [0.1, 0.15) is 32.6 Å². The number of imidazole rings is 1. The first-order chi connectivity index (χ1) is 15.1. The number of piperidine rings is 1. The average Bonchev–Trinajstić information content (AvgIpc) is 3.21. The van der Waals surface area contributed by atoms with Crippen LogP contribution in [0.3, 0.4) is 0 Å². The summed E-state index contributed by atoms with van der Waals surface area (Å²) in [6, 6.07) is 5.41. The first kappa shape index (κ1) is 21.3. The van der Waals surface area contributed by atoms with Gasteiger partial charge in [0.25, 0.3) is 0 Å². The van der Waals surface area contributed by atoms with Crippen molar-refractivity contribution in [1.29, 1.82) is 0 Å². The number of ether oxygens (including phenoxy) is 1. The van der Waals surface area contributed by atoms with Crippen molar-refractivity contribution in [2.24, 2.45) is 0 Å². The second-order valence-electron chi connectivity index (χ2n) is 7.47. The van der Waals surface area contributed by atoms with Gasteiger partial charge in [0, 0.05) is 25.3 Å². The van der Waals surface area contributed by atoms with Gasteiger partial charge in [-0.15, -0.1) is 0 Å². The molecule has 10 heteroatoms. The lowest BCUT2D eigenvalue weighted by Crippen LogP contribution is -2.45. The Morgan fingerprint density at radius 3 is 3.10 bits per heavy atom. The molecule has 164 valence electrons. The van der Waals surface area contributed by atoms with Crippen LogP contribution in [-0.4, -0.2) is 56.1 Å². The molecule has 4 heterocycles. The Morgan fingerprint density at radius 1 is 1.39 bits per heavy atom. The highest BCUT2D eigenvalue weighted by molar-refractivity contribution is 6.29. The van der Waals surface area contributed by atoms with Crippen molar-refractivity contribution < 1.29 is 13.9 Å². The van der Waals surface area contributed by atoms with Crippen LogP contribution in [0, 0.1) is 5.82 Å². The van der Waals surface area contributed by atoms with Gasteiger partial charge < -0.3 is 15.0 Å². The van der Waals surface area contributed by atoms with E-state index in [9.17, 15) is 9.18 Å². The monoisotopic (exact) mass is 446 g/mol. The summed E-state index contributed by atoms with van der Waals surface area (Å²) in [7, 11) is 0. The summed E-state index contributed by atoms with van der Waals surface area (Å²) >= 11 is 6.07. The Bertz CT molecular complexity index is 1080. The Hall–Kier alpha value is -2.94. The zero-order valence-corrected chi connectivity index (χ0v) is 18.0. The van der Waals surface area contributed by atoms with Gasteiger partial charge in [-0.2, -0.15) is 4.39 Å². The molecular formula is C21H24ClFN6O2. The van der Waals surface area contributed by atoms with E-state index in [2.05, 4.69) is 20.3 Å². The number of halogens is 2. The van der Waals surface area contributed by atoms with Crippen LogP contribution in [0.5, 0.6) is 0 Å². The molecular weight excluding hydrogens is 423 g/mol. The molecule has 0 aromatic carbocycles. The number of hydrogen-bond acceptors (Lipinski definition) is 6. The lowest BCUT2D eigenvalue weighted by Gasteiger charge is -2.32. The van der Waals surface area contributed by atoms with Crippen molar-refractivity contribution in [1.82, 2.24) is 24.3 Å². The van der Waals surface area contributed by atoms with Crippen LogP contribution in [0.25, 0.3) is 17.2 Å². The van der Waals surface area contributed by atoms with Crippen molar-refractivity contribution in [3.63, 3.8) is 0 Å². The number of nitrogens with zero attached hydrogens (tertiary/aromatic N) is 5. The molecule has 31 heavy (non-hydrogen) atoms. The zero-order valence-electron chi connectivity index (χ0n) is 17.2. The van der Waals surface area contributed by atoms with Crippen LogP contribution in [0.4, 0.5) is 15.0 Å². The van der Waals surface area contributed by atoms with Crippen LogP contribution in [0.15, 0.2) is 30.6 Å². The van der Waals surface area contributed by atoms with Crippen molar-refractivity contribution in [2.75, 3.05) is 25.0 Å². The number of fused-ring (bicyclic) bond motifs is 1. The van der Waals surface area contributed by atoms with Gasteiger partial charge in [-0.1, -0.05) is 31.0 Å². The molecule has 1 atom stereocenters. The summed E-state index contributed by atoms with van der Waals surface area (Å²) in [5.74, 6) is -0.451. The van der Waals surface area contributed by atoms with Gasteiger partial charge in [-0.25, -0.2) is 19.7 Å². The first-order valence-corrected chi connectivity index (χ1v) is 10.8. The molecule has 1 aliphatic rings. The van der Waals surface area contributed by atoms with Crippen molar-refractivity contribution in [2.45, 2.75) is 38.6 Å². The van der Waals surface area contributed by atoms with E-state index >= 15 is 0 Å². The number of anilines is 1. The molecule has 8 nitrogen and oxygen atoms in total. The van der Waals surface area contributed by atoms with Gasteiger partial charge in [-0.3, -0.25) is 4.40 Å². The fourth-order valence-corrected chi connectivity index (χ4v) is 3.75. The van der Waals surface area contributed by atoms with E-state index in [1.807, 2.05) is 35.7 Å². The van der Waals surface area contributed by atoms with Gasteiger partial charge in [0.1, 0.15) is 11.3 Å². The number of nitrogens with one attached hydrogen (secondary N) is 1. The molecule has 4 rings (SSSR count). The van der Waals surface area contributed by atoms with Gasteiger partial charge in [-0.05, 0) is 31.4 Å². The number of likely N-dealkylation sites (tertiary alicyclic amines) is 1. The molecule has 0 spiro atoms. The molecule has 3 aromatic heterocycles. The van der Waals surface area contributed by atoms with Crippen LogP contribution in [0.2, 0.25) is 5.15 Å². The maximum Gasteiger partial charge on any atom is 0.409 e. The standard InChI is InChI=1S/C21H24ClFN6O2/c1-2-3-11-31-21(30)28-9-6-7-14(13-28)25-20-17(23)18(22)26-19(27-20)15-12-24-16-8-4-5-10-29(15)16/h4-5,8,10,12,14H,2-3,6-7,9,11,13H2,1H3,(H,25,26,27). The number of carbonyl (C=O) groups is 1. The highest BCUT2D eigenvalue weighted by atomic mass is 35.5. The third-order valence-electron chi connectivity index (χ3n) is 5.20. The number of aromatic nitrogens is 4. The van der Waals surface area contributed by atoms with Gasteiger partial charge in [0.05, 0.1) is 12.8 Å². The maximum atomic E-state index is 14.7. The van der Waals surface area contributed by atoms with Gasteiger partial charge in [0.2, 0.25) is 5.82 Å². The third-order valence-corrected chi connectivity index (χ3v) is 5.45. The predicted molar refractivity (Wildman–Crippen MR) is 116 cm³/mol. The summed E-state index contributed by atoms with van der Waals surface area (Å²) in [4.78, 5) is 26.7. The summed E-state index contributed by atoms with van der Waals surface area (Å²) in [6.45, 7) is 3.46. The van der Waals surface area contributed by atoms with Gasteiger partial charge >= 0.3 is 6.09 Å². The molecule has 0 saturated carbocycles. The lowest BCUT2D eigenvalue weighted by molar-refractivity contribution is 0.0920. The van der Waals surface area contributed by atoms with E-state index in [1.54, 1.807) is 11.1 Å². The largest absolute Gasteiger partial charge is 0.449 e. The summed E-state index contributed by atoms with van der Waals surface area (Å²) in [5.41, 5.74) is 1.32. The van der Waals surface area contributed by atoms with E-state index in [1.165, 1.54) is 0 Å². The highest BCUT2D eigenvalue weighted by Crippen LogP contribution is 2.26. The normalized spacial score (nSPS) is 16.5. The highest BCUT2D eigenvalue weighted by Gasteiger charge is 2.26. The van der Waals surface area contributed by atoms with Gasteiger partial charge in [0.15, 0.2) is 16.8 Å². The lowest BCUT2D eigenvalue weighted by atomic mass is 10.1. The first-order valence-electron chi connectivity index (χ1n) is 10.4. The van der Waals surface area contributed by atoms with Crippen LogP contribution in [-0.2, 0) is 4.74 Å². The minimum Gasteiger partial charge on any atom is -0.449 e. The summed E-state index contributed by atoms with van der Waals surface area (Å²) in [6.07, 6.45) is 6.45. The fourth-order valence-electron chi connectivity index (χ4n) is 3.58. The Morgan fingerprint density at radius 2 is 2.26 bits per heavy atom. The summed E-state index contributed by atoms with van der Waals surface area (Å²) < 4.78 is 21.8. The molecule has 0 aliphatic carbocycles. The smallest absolute Gasteiger partial charge is 0.409 e. The molecule has 1 amide bonds. The molecule has 3 aromatic rings. The molecule has 1 aliphatic heterocycles. The zero-order chi connectivity index (χ0) is 21.8. The van der Waals surface area contributed by atoms with E-state index in [0.29, 0.717) is 25.4 Å². The topological polar surface area (TPSA) is 84.6 Å². The number of amides is 1. The van der Waals surface area contributed by atoms with Crippen LogP contribution >= 0.6 is 11.6 Å². The van der Waals surface area contributed by atoms with Crippen LogP contribution < -0.4 is 5.32 Å². The number of unbranched alkanes of at least 4 members (excludes halogenated alkanes) is 1. The van der Waals surface area contributed by atoms with E-state index in [0.717, 1.165) is 31.3 Å². The Kier molecular flexibility index (Phi) is 6.50. The quantitative estimate of drug-likeness (QED) is 0.446. The number of pyridine rings is 1. The molecule has 0 radical (unpaired) electrons. The Balaban J connectivity index is 1.52. The summed E-state index contributed by atoms with van der Waals surface area (Å²) in [5, 5.41) is 2.83. The fraction of sp³-hybridized carbons (Fsp3) is 0.429. The number of carbonyl (C=O) groups excluding carboxylic acids is 1. The number of rotatable bonds is 6. The second-order valence-corrected chi connectivity index (χ2v) is 7.83. The maximum absolute atomic E-state index is 14.7. The van der Waals surface area contributed by atoms with E-state index in [-0.39, 0.29) is 28.9 Å². The van der Waals surface area contributed by atoms with Crippen molar-refractivity contribution >= 4 is 29.2 Å². The predicted octanol–water partition coefficient (Wildman–Crippen LogP) is 4.40. The molecule has 1 N–H and O–H groups in total. The van der Waals surface area contributed by atoms with E-state index < -0.39 is 5.82 Å². The van der Waals surface area contributed by atoms with Crippen molar-refractivity contribution in [3.05, 3.63) is 41.6 Å². The average molecular weight is 447 g/mol. The Labute approximate surface area is 184 Å². The molecule has 1 saturated heterocycles. The number of hydrogen-bond donors (Lipinski definition) is 1. The molecule has 1 fully saturated rings. The molecule has 0 bridgehead atoms. The minimum atomic E-state index is -0.720. The third kappa shape index (κ3) is 4.71. The second kappa shape index (κ2) is 9.47. The molecule has 1 unspecified atom stereocenters.